The summed E-state index contributed by atoms with van der Waals surface area (Å²) in [5, 5.41) is 7.85. The lowest BCUT2D eigenvalue weighted by molar-refractivity contribution is -0.129. The molecule has 10 heteroatoms. The topological polar surface area (TPSA) is 79.2 Å². The van der Waals surface area contributed by atoms with Crippen molar-refractivity contribution in [1.29, 1.82) is 0 Å². The predicted octanol–water partition coefficient (Wildman–Crippen LogP) is 2.94. The Morgan fingerprint density at radius 1 is 1.10 bits per heavy atom. The number of carbonyl (C=O) groups excluding carboxylic acids is 1. The molecule has 0 bridgehead atoms. The molecule has 2 aliphatic rings. The van der Waals surface area contributed by atoms with E-state index in [4.69, 9.17) is 4.98 Å². The molecule has 1 saturated carbocycles. The Hall–Kier alpha value is -2.78. The van der Waals surface area contributed by atoms with Crippen molar-refractivity contribution in [1.82, 2.24) is 24.6 Å². The van der Waals surface area contributed by atoms with Gasteiger partial charge in [-0.3, -0.25) is 4.79 Å². The molecule has 3 heterocycles. The summed E-state index contributed by atoms with van der Waals surface area (Å²) < 4.78 is 28.8. The largest absolute Gasteiger partial charge is 0.367 e. The van der Waals surface area contributed by atoms with Crippen LogP contribution in [0.15, 0.2) is 12.1 Å². The highest BCUT2D eigenvalue weighted by Gasteiger charge is 2.35. The summed E-state index contributed by atoms with van der Waals surface area (Å²) in [6.45, 7) is 8.04. The highest BCUT2D eigenvalue weighted by molar-refractivity contribution is 5.73. The molecule has 2 aromatic rings. The van der Waals surface area contributed by atoms with Crippen molar-refractivity contribution in [3.63, 3.8) is 0 Å². The van der Waals surface area contributed by atoms with Crippen molar-refractivity contribution < 1.29 is 13.6 Å². The zero-order chi connectivity index (χ0) is 22.2. The van der Waals surface area contributed by atoms with E-state index in [1.54, 1.807) is 11.6 Å². The standard InChI is InChI=1S/C21H29F2N7O/c1-14-12-15(2)30(27-14)20-25-18(24-17-4-6-21(22,23)7-5-17)13-19(26-20)29-10-8-28(9-11-29)16(3)31/h12-13,17H,4-11H2,1-3H3,(H,24,25,26). The number of hydrogen-bond donors (Lipinski definition) is 1. The second-order valence-corrected chi connectivity index (χ2v) is 8.52. The van der Waals surface area contributed by atoms with Gasteiger partial charge in [-0.25, -0.2) is 13.5 Å². The first-order valence-corrected chi connectivity index (χ1v) is 10.8. The number of carbonyl (C=O) groups is 1. The number of aryl methyl sites for hydroxylation is 2. The Morgan fingerprint density at radius 2 is 1.77 bits per heavy atom. The molecule has 0 aromatic carbocycles. The maximum atomic E-state index is 13.5. The van der Waals surface area contributed by atoms with Gasteiger partial charge in [0.2, 0.25) is 11.8 Å². The van der Waals surface area contributed by atoms with Gasteiger partial charge in [0.1, 0.15) is 11.6 Å². The second kappa shape index (κ2) is 8.39. The zero-order valence-electron chi connectivity index (χ0n) is 18.2. The molecule has 1 aliphatic heterocycles. The summed E-state index contributed by atoms with van der Waals surface area (Å²) in [7, 11) is 0. The molecule has 4 rings (SSSR count). The number of piperazine rings is 1. The molecule has 1 N–H and O–H groups in total. The lowest BCUT2D eigenvalue weighted by atomic mass is 9.92. The van der Waals surface area contributed by atoms with Gasteiger partial charge in [0.15, 0.2) is 0 Å². The van der Waals surface area contributed by atoms with E-state index in [1.807, 2.05) is 30.9 Å². The van der Waals surface area contributed by atoms with E-state index in [1.165, 1.54) is 0 Å². The van der Waals surface area contributed by atoms with E-state index in [0.717, 1.165) is 17.2 Å². The number of alkyl halides is 2. The summed E-state index contributed by atoms with van der Waals surface area (Å²) in [4.78, 5) is 25.0. The molecule has 168 valence electrons. The van der Waals surface area contributed by atoms with Crippen LogP contribution in [0, 0.1) is 13.8 Å². The monoisotopic (exact) mass is 433 g/mol. The molecule has 0 unspecified atom stereocenters. The van der Waals surface area contributed by atoms with Gasteiger partial charge >= 0.3 is 0 Å². The lowest BCUT2D eigenvalue weighted by Gasteiger charge is -2.35. The Morgan fingerprint density at radius 3 is 2.35 bits per heavy atom. The van der Waals surface area contributed by atoms with Crippen LogP contribution in [0.25, 0.3) is 5.95 Å². The van der Waals surface area contributed by atoms with E-state index in [-0.39, 0.29) is 24.8 Å². The van der Waals surface area contributed by atoms with Crippen LogP contribution >= 0.6 is 0 Å². The number of halogens is 2. The number of aromatic nitrogens is 4. The highest BCUT2D eigenvalue weighted by atomic mass is 19.3. The number of hydrogen-bond acceptors (Lipinski definition) is 6. The first kappa shape index (κ1) is 21.5. The summed E-state index contributed by atoms with van der Waals surface area (Å²) >= 11 is 0. The molecule has 2 fully saturated rings. The Balaban J connectivity index is 1.60. The van der Waals surface area contributed by atoms with Gasteiger partial charge in [-0.1, -0.05) is 0 Å². The minimum atomic E-state index is -2.57. The van der Waals surface area contributed by atoms with Gasteiger partial charge < -0.3 is 15.1 Å². The molecule has 2 aromatic heterocycles. The quantitative estimate of drug-likeness (QED) is 0.799. The van der Waals surface area contributed by atoms with Gasteiger partial charge in [0.05, 0.1) is 5.69 Å². The van der Waals surface area contributed by atoms with Crippen LogP contribution < -0.4 is 10.2 Å². The molecular formula is C21H29F2N7O. The van der Waals surface area contributed by atoms with Gasteiger partial charge in [-0.05, 0) is 32.8 Å². The Bertz CT molecular complexity index is 943. The molecule has 0 spiro atoms. The average Bonchev–Trinajstić information content (AvgIpc) is 3.07. The molecule has 0 radical (unpaired) electrons. The fourth-order valence-corrected chi connectivity index (χ4v) is 4.23. The summed E-state index contributed by atoms with van der Waals surface area (Å²) in [5.74, 6) is -0.704. The van der Waals surface area contributed by atoms with E-state index >= 15 is 0 Å². The predicted molar refractivity (Wildman–Crippen MR) is 114 cm³/mol. The number of nitrogens with zero attached hydrogens (tertiary/aromatic N) is 6. The van der Waals surface area contributed by atoms with Crippen LogP contribution in [0.3, 0.4) is 0 Å². The fourth-order valence-electron chi connectivity index (χ4n) is 4.23. The van der Waals surface area contributed by atoms with Gasteiger partial charge in [-0.2, -0.15) is 15.1 Å². The lowest BCUT2D eigenvalue weighted by Crippen LogP contribution is -2.48. The van der Waals surface area contributed by atoms with Crippen LogP contribution in [-0.4, -0.2) is 68.7 Å². The van der Waals surface area contributed by atoms with Crippen molar-refractivity contribution in [2.45, 2.75) is 58.4 Å². The maximum Gasteiger partial charge on any atom is 0.254 e. The first-order valence-electron chi connectivity index (χ1n) is 10.8. The maximum absolute atomic E-state index is 13.5. The Kier molecular flexibility index (Phi) is 5.81. The van der Waals surface area contributed by atoms with E-state index < -0.39 is 5.92 Å². The van der Waals surface area contributed by atoms with Crippen molar-refractivity contribution in [2.24, 2.45) is 0 Å². The minimum absolute atomic E-state index is 0.0507. The second-order valence-electron chi connectivity index (χ2n) is 8.52. The van der Waals surface area contributed by atoms with Crippen molar-refractivity contribution >= 4 is 17.5 Å². The number of anilines is 2. The third-order valence-electron chi connectivity index (χ3n) is 6.02. The number of rotatable bonds is 4. The van der Waals surface area contributed by atoms with Gasteiger partial charge in [0, 0.05) is 63.7 Å². The zero-order valence-corrected chi connectivity index (χ0v) is 18.2. The number of amides is 1. The number of nitrogens with one attached hydrogen (secondary N) is 1. The molecule has 31 heavy (non-hydrogen) atoms. The van der Waals surface area contributed by atoms with Crippen LogP contribution in [0.4, 0.5) is 20.4 Å². The SMILES string of the molecule is CC(=O)N1CCN(c2cc(NC3CCC(F)(F)CC3)nc(-n3nc(C)cc3C)n2)CC1. The van der Waals surface area contributed by atoms with E-state index in [2.05, 4.69) is 20.3 Å². The molecule has 1 aliphatic carbocycles. The van der Waals surface area contributed by atoms with Gasteiger partial charge in [0.25, 0.3) is 5.95 Å². The normalized spacial score (nSPS) is 19.5. The third kappa shape index (κ3) is 4.94. The van der Waals surface area contributed by atoms with Crippen molar-refractivity contribution in [3.8, 4) is 5.95 Å². The third-order valence-corrected chi connectivity index (χ3v) is 6.02. The van der Waals surface area contributed by atoms with E-state index in [9.17, 15) is 13.6 Å². The molecular weight excluding hydrogens is 404 g/mol. The van der Waals surface area contributed by atoms with Crippen LogP contribution in [0.1, 0.15) is 44.0 Å². The average molecular weight is 434 g/mol. The molecule has 1 saturated heterocycles. The van der Waals surface area contributed by atoms with Crippen LogP contribution in [0.2, 0.25) is 0 Å². The molecule has 1 amide bonds. The summed E-state index contributed by atoms with van der Waals surface area (Å²) in [6.07, 6.45) is 0.581. The van der Waals surface area contributed by atoms with E-state index in [0.29, 0.717) is 50.8 Å². The van der Waals surface area contributed by atoms with Crippen LogP contribution in [-0.2, 0) is 4.79 Å². The molecule has 8 nitrogen and oxygen atoms in total. The highest BCUT2D eigenvalue weighted by Crippen LogP contribution is 2.34. The van der Waals surface area contributed by atoms with Gasteiger partial charge in [-0.15, -0.1) is 0 Å². The first-order chi connectivity index (χ1) is 14.7. The smallest absolute Gasteiger partial charge is 0.254 e. The summed E-state index contributed by atoms with van der Waals surface area (Å²) in [5.41, 5.74) is 1.78. The molecule has 0 atom stereocenters. The Labute approximate surface area is 180 Å². The minimum Gasteiger partial charge on any atom is -0.367 e. The van der Waals surface area contributed by atoms with Crippen molar-refractivity contribution in [3.05, 3.63) is 23.5 Å². The van der Waals surface area contributed by atoms with Crippen molar-refractivity contribution in [2.75, 3.05) is 36.4 Å². The van der Waals surface area contributed by atoms with Crippen LogP contribution in [0.5, 0.6) is 0 Å². The summed E-state index contributed by atoms with van der Waals surface area (Å²) in [6, 6.07) is 3.77. The fraction of sp³-hybridized carbons (Fsp3) is 0.619.